The molecule has 1 aliphatic rings. The topological polar surface area (TPSA) is 12.0 Å². The molecule has 0 heterocycles. The fourth-order valence-electron chi connectivity index (χ4n) is 5.10. The highest BCUT2D eigenvalue weighted by Gasteiger charge is 2.19. The molecule has 5 aromatic rings. The zero-order valence-corrected chi connectivity index (χ0v) is 20.7. The van der Waals surface area contributed by atoms with Crippen molar-refractivity contribution in [1.29, 1.82) is 0 Å². The molecule has 0 fully saturated rings. The number of nitrogens with one attached hydrogen (secondary N) is 1. The van der Waals surface area contributed by atoms with E-state index in [1.54, 1.807) is 0 Å². The van der Waals surface area contributed by atoms with Crippen LogP contribution in [0, 0.1) is 0 Å². The molecule has 0 bridgehead atoms. The minimum atomic E-state index is 0.315. The van der Waals surface area contributed by atoms with Crippen LogP contribution in [0.15, 0.2) is 157 Å². The van der Waals surface area contributed by atoms with Gasteiger partial charge in [-0.3, -0.25) is 0 Å². The average Bonchev–Trinajstić information content (AvgIpc) is 2.99. The smallest absolute Gasteiger partial charge is 0.0394 e. The van der Waals surface area contributed by atoms with E-state index >= 15 is 0 Å². The minimum Gasteiger partial charge on any atom is -0.359 e. The molecule has 0 aromatic heterocycles. The van der Waals surface area contributed by atoms with E-state index in [1.807, 2.05) is 0 Å². The summed E-state index contributed by atoms with van der Waals surface area (Å²) in [5.41, 5.74) is 11.0. The van der Waals surface area contributed by atoms with Crippen LogP contribution in [0.25, 0.3) is 27.8 Å². The maximum atomic E-state index is 3.82. The van der Waals surface area contributed by atoms with Crippen molar-refractivity contribution in [2.75, 3.05) is 5.32 Å². The van der Waals surface area contributed by atoms with Crippen LogP contribution in [-0.2, 0) is 0 Å². The Labute approximate surface area is 219 Å². The zero-order valence-electron chi connectivity index (χ0n) is 20.7. The maximum absolute atomic E-state index is 3.82. The highest BCUT2D eigenvalue weighted by molar-refractivity contribution is 5.81. The normalized spacial score (nSPS) is 15.0. The third-order valence-electron chi connectivity index (χ3n) is 6.94. The zero-order chi connectivity index (χ0) is 24.9. The fraction of sp³-hybridized carbons (Fsp3) is 0.0556. The minimum absolute atomic E-state index is 0.315. The van der Waals surface area contributed by atoms with Crippen LogP contribution < -0.4 is 5.32 Å². The highest BCUT2D eigenvalue weighted by atomic mass is 14.9. The third-order valence-corrected chi connectivity index (χ3v) is 6.94. The van der Waals surface area contributed by atoms with E-state index in [9.17, 15) is 0 Å². The van der Waals surface area contributed by atoms with E-state index in [2.05, 4.69) is 157 Å². The molecular weight excluding hydrogens is 446 g/mol. The van der Waals surface area contributed by atoms with Crippen molar-refractivity contribution in [2.24, 2.45) is 0 Å². The summed E-state index contributed by atoms with van der Waals surface area (Å²) in [4.78, 5) is 0. The van der Waals surface area contributed by atoms with Gasteiger partial charge in [0.1, 0.15) is 0 Å². The first-order chi connectivity index (χ1) is 18.3. The Morgan fingerprint density at radius 1 is 0.486 bits per heavy atom. The van der Waals surface area contributed by atoms with Gasteiger partial charge in [-0.05, 0) is 69.6 Å². The van der Waals surface area contributed by atoms with Crippen LogP contribution in [-0.4, -0.2) is 0 Å². The first kappa shape index (κ1) is 22.8. The van der Waals surface area contributed by atoms with E-state index in [0.29, 0.717) is 5.92 Å². The Balaban J connectivity index is 1.40. The van der Waals surface area contributed by atoms with Crippen molar-refractivity contribution in [2.45, 2.75) is 12.3 Å². The fourth-order valence-corrected chi connectivity index (χ4v) is 5.10. The number of hydrogen-bond acceptors (Lipinski definition) is 1. The van der Waals surface area contributed by atoms with Crippen LogP contribution in [0.2, 0.25) is 0 Å². The highest BCUT2D eigenvalue weighted by Crippen LogP contribution is 2.37. The summed E-state index contributed by atoms with van der Waals surface area (Å²) >= 11 is 0. The molecule has 5 aromatic carbocycles. The standard InChI is InChI=1S/C36H29N/c1-5-13-27(14-6-1)31-21-32(28-15-7-2-8-16-28)24-35(23-31)37-36-25-33(29-17-9-3-10-18-29)22-34(26-36)30-19-11-4-12-20-30/h1-25,34,37H,26H2. The van der Waals surface area contributed by atoms with E-state index < -0.39 is 0 Å². The number of hydrogen-bond donors (Lipinski definition) is 1. The van der Waals surface area contributed by atoms with E-state index in [1.165, 1.54) is 44.7 Å². The van der Waals surface area contributed by atoms with Crippen molar-refractivity contribution in [3.05, 3.63) is 169 Å². The number of anilines is 1. The molecule has 0 spiro atoms. The van der Waals surface area contributed by atoms with Crippen molar-refractivity contribution in [1.82, 2.24) is 0 Å². The lowest BCUT2D eigenvalue weighted by Crippen LogP contribution is -2.10. The molecule has 0 saturated carbocycles. The Kier molecular flexibility index (Phi) is 6.51. The average molecular weight is 476 g/mol. The van der Waals surface area contributed by atoms with Gasteiger partial charge in [-0.25, -0.2) is 0 Å². The van der Waals surface area contributed by atoms with Crippen molar-refractivity contribution >= 4 is 11.3 Å². The quantitative estimate of drug-likeness (QED) is 0.258. The molecule has 1 aliphatic carbocycles. The van der Waals surface area contributed by atoms with Crippen molar-refractivity contribution < 1.29 is 0 Å². The molecule has 37 heavy (non-hydrogen) atoms. The van der Waals surface area contributed by atoms with Crippen molar-refractivity contribution in [3.8, 4) is 22.3 Å². The lowest BCUT2D eigenvalue weighted by atomic mass is 9.85. The van der Waals surface area contributed by atoms with Gasteiger partial charge in [-0.1, -0.05) is 127 Å². The molecule has 1 N–H and O–H groups in total. The van der Waals surface area contributed by atoms with Gasteiger partial charge in [0.05, 0.1) is 0 Å². The Bertz CT molecular complexity index is 1470. The van der Waals surface area contributed by atoms with Gasteiger partial charge in [-0.2, -0.15) is 0 Å². The molecule has 1 unspecified atom stereocenters. The lowest BCUT2D eigenvalue weighted by Gasteiger charge is -2.24. The molecule has 0 amide bonds. The molecule has 6 rings (SSSR count). The Hall–Kier alpha value is -4.62. The molecule has 0 radical (unpaired) electrons. The first-order valence-electron chi connectivity index (χ1n) is 12.9. The molecule has 178 valence electrons. The predicted octanol–water partition coefficient (Wildman–Crippen LogP) is 9.59. The van der Waals surface area contributed by atoms with Gasteiger partial charge in [0.15, 0.2) is 0 Å². The molecular formula is C36H29N. The molecule has 1 heteroatoms. The molecule has 0 saturated heterocycles. The summed E-state index contributed by atoms with van der Waals surface area (Å²) < 4.78 is 0. The lowest BCUT2D eigenvalue weighted by molar-refractivity contribution is 0.820. The summed E-state index contributed by atoms with van der Waals surface area (Å²) in [7, 11) is 0. The summed E-state index contributed by atoms with van der Waals surface area (Å²) in [6.45, 7) is 0. The largest absolute Gasteiger partial charge is 0.359 e. The van der Waals surface area contributed by atoms with Gasteiger partial charge in [0.25, 0.3) is 0 Å². The van der Waals surface area contributed by atoms with Crippen LogP contribution >= 0.6 is 0 Å². The maximum Gasteiger partial charge on any atom is 0.0394 e. The molecule has 0 aliphatic heterocycles. The van der Waals surface area contributed by atoms with Gasteiger partial charge < -0.3 is 5.32 Å². The van der Waals surface area contributed by atoms with Crippen molar-refractivity contribution in [3.63, 3.8) is 0 Å². The van der Waals surface area contributed by atoms with E-state index in [-0.39, 0.29) is 0 Å². The van der Waals surface area contributed by atoms with Gasteiger partial charge in [-0.15, -0.1) is 0 Å². The van der Waals surface area contributed by atoms with E-state index in [0.717, 1.165) is 12.1 Å². The predicted molar refractivity (Wildman–Crippen MR) is 157 cm³/mol. The molecule has 1 nitrogen and oxygen atoms in total. The van der Waals surface area contributed by atoms with Gasteiger partial charge in [0, 0.05) is 17.3 Å². The summed E-state index contributed by atoms with van der Waals surface area (Å²) in [5, 5.41) is 3.82. The summed E-state index contributed by atoms with van der Waals surface area (Å²) in [6.07, 6.45) is 5.65. The van der Waals surface area contributed by atoms with Crippen LogP contribution in [0.5, 0.6) is 0 Å². The number of benzene rings is 5. The Morgan fingerprint density at radius 2 is 0.973 bits per heavy atom. The second-order valence-electron chi connectivity index (χ2n) is 9.53. The monoisotopic (exact) mass is 475 g/mol. The van der Waals surface area contributed by atoms with Crippen LogP contribution in [0.3, 0.4) is 0 Å². The summed E-state index contributed by atoms with van der Waals surface area (Å²) in [5.74, 6) is 0.315. The third kappa shape index (κ3) is 5.32. The second-order valence-corrected chi connectivity index (χ2v) is 9.53. The second kappa shape index (κ2) is 10.6. The number of allylic oxidation sites excluding steroid dienone is 4. The van der Waals surface area contributed by atoms with Gasteiger partial charge >= 0.3 is 0 Å². The SMILES string of the molecule is C1=C(Nc2cc(-c3ccccc3)cc(-c3ccccc3)c2)CC(c2ccccc2)C=C1c1ccccc1. The summed E-state index contributed by atoms with van der Waals surface area (Å²) in [6, 6.07) is 49.5. The van der Waals surface area contributed by atoms with Crippen LogP contribution in [0.1, 0.15) is 23.5 Å². The Morgan fingerprint density at radius 3 is 1.51 bits per heavy atom. The molecule has 1 atom stereocenters. The van der Waals surface area contributed by atoms with E-state index in [4.69, 9.17) is 0 Å². The number of rotatable bonds is 6. The van der Waals surface area contributed by atoms with Crippen LogP contribution in [0.4, 0.5) is 5.69 Å². The van der Waals surface area contributed by atoms with Gasteiger partial charge in [0.2, 0.25) is 0 Å². The first-order valence-corrected chi connectivity index (χ1v) is 12.9.